The van der Waals surface area contributed by atoms with E-state index in [1.165, 1.54) is 6.07 Å². The predicted octanol–water partition coefficient (Wildman–Crippen LogP) is 4.40. The van der Waals surface area contributed by atoms with Crippen molar-refractivity contribution in [1.82, 2.24) is 0 Å². The third kappa shape index (κ3) is 5.60. The Kier molecular flexibility index (Phi) is 6.51. The van der Waals surface area contributed by atoms with E-state index >= 15 is 0 Å². The molecule has 0 unspecified atom stereocenters. The molecule has 0 aliphatic rings. The van der Waals surface area contributed by atoms with Crippen LogP contribution in [0.3, 0.4) is 0 Å². The summed E-state index contributed by atoms with van der Waals surface area (Å²) in [5, 5.41) is 13.7. The van der Waals surface area contributed by atoms with E-state index in [-0.39, 0.29) is 11.6 Å². The lowest BCUT2D eigenvalue weighted by Crippen LogP contribution is -2.13. The topological polar surface area (TPSA) is 81.5 Å². The molecule has 6 nitrogen and oxygen atoms in total. The first-order chi connectivity index (χ1) is 12.0. The van der Waals surface area contributed by atoms with E-state index in [9.17, 15) is 14.9 Å². The van der Waals surface area contributed by atoms with Crippen LogP contribution in [0.15, 0.2) is 42.5 Å². The Morgan fingerprint density at radius 2 is 1.92 bits per heavy atom. The van der Waals surface area contributed by atoms with Crippen LogP contribution in [0.2, 0.25) is 0 Å². The van der Waals surface area contributed by atoms with Gasteiger partial charge in [-0.1, -0.05) is 18.2 Å². The van der Waals surface area contributed by atoms with Gasteiger partial charge < -0.3 is 10.1 Å². The lowest BCUT2D eigenvalue weighted by Gasteiger charge is -2.09. The van der Waals surface area contributed by atoms with Gasteiger partial charge in [0.05, 0.1) is 22.8 Å². The number of anilines is 1. The standard InChI is InChI=1S/C19H22N2O4/c1-14-7-5-8-16(13-14)25-12-4-3-11-19(22)20-17-9-6-10-18(15(17)2)21(23)24/h5-10,13H,3-4,11-12H2,1-2H3,(H,20,22). The number of aryl methyl sites for hydroxylation is 1. The zero-order valence-electron chi connectivity index (χ0n) is 14.5. The van der Waals surface area contributed by atoms with E-state index < -0.39 is 4.92 Å². The molecule has 0 aromatic heterocycles. The summed E-state index contributed by atoms with van der Waals surface area (Å²) in [5.74, 6) is 0.677. The molecule has 0 saturated heterocycles. The summed E-state index contributed by atoms with van der Waals surface area (Å²) in [5.41, 5.74) is 2.09. The number of nitro benzene ring substituents is 1. The number of benzene rings is 2. The fourth-order valence-electron chi connectivity index (χ4n) is 2.45. The number of hydrogen-bond acceptors (Lipinski definition) is 4. The summed E-state index contributed by atoms with van der Waals surface area (Å²) in [6.45, 7) is 4.18. The molecule has 2 aromatic rings. The maximum atomic E-state index is 12.0. The second-order valence-corrected chi connectivity index (χ2v) is 5.88. The minimum Gasteiger partial charge on any atom is -0.494 e. The summed E-state index contributed by atoms with van der Waals surface area (Å²) >= 11 is 0. The number of nitro groups is 1. The highest BCUT2D eigenvalue weighted by Crippen LogP contribution is 2.25. The first kappa shape index (κ1) is 18.4. The van der Waals surface area contributed by atoms with Crippen molar-refractivity contribution in [3.8, 4) is 5.75 Å². The average molecular weight is 342 g/mol. The summed E-state index contributed by atoms with van der Waals surface area (Å²) in [6.07, 6.45) is 1.79. The number of nitrogens with one attached hydrogen (secondary N) is 1. The van der Waals surface area contributed by atoms with Crippen LogP contribution in [0.25, 0.3) is 0 Å². The Morgan fingerprint density at radius 3 is 2.64 bits per heavy atom. The lowest BCUT2D eigenvalue weighted by atomic mass is 10.1. The van der Waals surface area contributed by atoms with Gasteiger partial charge in [0, 0.05) is 12.5 Å². The molecule has 132 valence electrons. The van der Waals surface area contributed by atoms with Crippen molar-refractivity contribution in [2.24, 2.45) is 0 Å². The summed E-state index contributed by atoms with van der Waals surface area (Å²) < 4.78 is 5.64. The molecule has 2 aromatic carbocycles. The molecule has 2 rings (SSSR count). The molecule has 6 heteroatoms. The van der Waals surface area contributed by atoms with Crippen LogP contribution in [0.5, 0.6) is 5.75 Å². The SMILES string of the molecule is Cc1cccc(OCCCCC(=O)Nc2cccc([N+](=O)[O-])c2C)c1. The van der Waals surface area contributed by atoms with Gasteiger partial charge in [0.15, 0.2) is 0 Å². The number of carbonyl (C=O) groups is 1. The second-order valence-electron chi connectivity index (χ2n) is 5.88. The van der Waals surface area contributed by atoms with Crippen LogP contribution < -0.4 is 10.1 Å². The van der Waals surface area contributed by atoms with Crippen molar-refractivity contribution in [3.05, 3.63) is 63.7 Å². The summed E-state index contributed by atoms with van der Waals surface area (Å²) in [6, 6.07) is 12.5. The first-order valence-electron chi connectivity index (χ1n) is 8.20. The molecular weight excluding hydrogens is 320 g/mol. The van der Waals surface area contributed by atoms with Crippen LogP contribution in [-0.2, 0) is 4.79 Å². The second kappa shape index (κ2) is 8.82. The number of hydrogen-bond donors (Lipinski definition) is 1. The van der Waals surface area contributed by atoms with Gasteiger partial charge in [0.2, 0.25) is 5.91 Å². The van der Waals surface area contributed by atoms with Crippen molar-refractivity contribution < 1.29 is 14.5 Å². The molecule has 0 atom stereocenters. The first-order valence-corrected chi connectivity index (χ1v) is 8.20. The largest absolute Gasteiger partial charge is 0.494 e. The lowest BCUT2D eigenvalue weighted by molar-refractivity contribution is -0.385. The molecule has 1 amide bonds. The van der Waals surface area contributed by atoms with Gasteiger partial charge in [-0.2, -0.15) is 0 Å². The smallest absolute Gasteiger partial charge is 0.274 e. The van der Waals surface area contributed by atoms with Crippen molar-refractivity contribution in [1.29, 1.82) is 0 Å². The minimum absolute atomic E-state index is 0.00403. The number of ether oxygens (including phenoxy) is 1. The molecule has 25 heavy (non-hydrogen) atoms. The number of nitrogens with zero attached hydrogens (tertiary/aromatic N) is 1. The number of amides is 1. The number of rotatable bonds is 8. The van der Waals surface area contributed by atoms with Gasteiger partial charge in [0.25, 0.3) is 5.69 Å². The average Bonchev–Trinajstić information content (AvgIpc) is 2.56. The molecule has 0 heterocycles. The van der Waals surface area contributed by atoms with E-state index in [1.54, 1.807) is 19.1 Å². The van der Waals surface area contributed by atoms with Gasteiger partial charge in [-0.15, -0.1) is 0 Å². The van der Waals surface area contributed by atoms with Gasteiger partial charge in [-0.25, -0.2) is 0 Å². The maximum absolute atomic E-state index is 12.0. The normalized spacial score (nSPS) is 10.3. The van der Waals surface area contributed by atoms with Crippen LogP contribution in [0, 0.1) is 24.0 Å². The van der Waals surface area contributed by atoms with E-state index in [2.05, 4.69) is 5.32 Å². The molecule has 0 bridgehead atoms. The molecule has 0 spiro atoms. The van der Waals surface area contributed by atoms with Crippen molar-refractivity contribution in [2.45, 2.75) is 33.1 Å². The van der Waals surface area contributed by atoms with E-state index in [0.29, 0.717) is 30.7 Å². The summed E-state index contributed by atoms with van der Waals surface area (Å²) in [4.78, 5) is 22.5. The maximum Gasteiger partial charge on any atom is 0.274 e. The van der Waals surface area contributed by atoms with Crippen LogP contribution in [0.1, 0.15) is 30.4 Å². The Labute approximate surface area is 147 Å². The van der Waals surface area contributed by atoms with Crippen molar-refractivity contribution in [2.75, 3.05) is 11.9 Å². The predicted molar refractivity (Wildman–Crippen MR) is 97.0 cm³/mol. The molecule has 0 aliphatic carbocycles. The van der Waals surface area contributed by atoms with Gasteiger partial charge in [-0.3, -0.25) is 14.9 Å². The highest BCUT2D eigenvalue weighted by molar-refractivity contribution is 5.92. The third-order valence-electron chi connectivity index (χ3n) is 3.83. The molecule has 0 fully saturated rings. The molecular formula is C19H22N2O4. The van der Waals surface area contributed by atoms with Gasteiger partial charge in [0.1, 0.15) is 5.75 Å². The zero-order valence-corrected chi connectivity index (χ0v) is 14.5. The van der Waals surface area contributed by atoms with Crippen LogP contribution >= 0.6 is 0 Å². The van der Waals surface area contributed by atoms with Crippen LogP contribution in [-0.4, -0.2) is 17.4 Å². The Hall–Kier alpha value is -2.89. The van der Waals surface area contributed by atoms with Gasteiger partial charge in [-0.05, 0) is 50.5 Å². The fourth-order valence-corrected chi connectivity index (χ4v) is 2.45. The fraction of sp³-hybridized carbons (Fsp3) is 0.316. The number of carbonyl (C=O) groups excluding carboxylic acids is 1. The Morgan fingerprint density at radius 1 is 1.16 bits per heavy atom. The zero-order chi connectivity index (χ0) is 18.2. The molecule has 0 aliphatic heterocycles. The van der Waals surface area contributed by atoms with Gasteiger partial charge >= 0.3 is 0 Å². The summed E-state index contributed by atoms with van der Waals surface area (Å²) in [7, 11) is 0. The highest BCUT2D eigenvalue weighted by Gasteiger charge is 2.14. The van der Waals surface area contributed by atoms with Crippen molar-refractivity contribution in [3.63, 3.8) is 0 Å². The Balaban J connectivity index is 1.74. The van der Waals surface area contributed by atoms with E-state index in [0.717, 1.165) is 17.7 Å². The third-order valence-corrected chi connectivity index (χ3v) is 3.83. The Bertz CT molecular complexity index is 759. The molecule has 0 saturated carbocycles. The highest BCUT2D eigenvalue weighted by atomic mass is 16.6. The minimum atomic E-state index is -0.451. The molecule has 0 radical (unpaired) electrons. The monoisotopic (exact) mass is 342 g/mol. The van der Waals surface area contributed by atoms with E-state index in [4.69, 9.17) is 4.74 Å². The van der Waals surface area contributed by atoms with Crippen molar-refractivity contribution >= 4 is 17.3 Å². The molecule has 1 N–H and O–H groups in total. The quantitative estimate of drug-likeness (QED) is 0.438. The number of unbranched alkanes of at least 4 members (excludes halogenated alkanes) is 1. The van der Waals surface area contributed by atoms with Crippen LogP contribution in [0.4, 0.5) is 11.4 Å². The van der Waals surface area contributed by atoms with E-state index in [1.807, 2.05) is 31.2 Å².